The number of furan rings is 1. The topological polar surface area (TPSA) is 25.2 Å². The number of halogens is 2. The molecule has 4 bridgehead atoms. The van der Waals surface area contributed by atoms with Crippen molar-refractivity contribution in [3.8, 4) is 11.3 Å². The number of benzene rings is 1. The second kappa shape index (κ2) is 6.14. The maximum Gasteiger partial charge on any atom is 0.135 e. The largest absolute Gasteiger partial charge is 0.460 e. The Morgan fingerprint density at radius 3 is 2.36 bits per heavy atom. The molecule has 0 atom stereocenters. The van der Waals surface area contributed by atoms with Crippen LogP contribution in [-0.2, 0) is 6.54 Å². The first-order valence-corrected chi connectivity index (χ1v) is 10.5. The molecule has 0 radical (unpaired) electrons. The van der Waals surface area contributed by atoms with E-state index in [4.69, 9.17) is 16.0 Å². The highest BCUT2D eigenvalue weighted by Crippen LogP contribution is 2.55. The third-order valence-corrected chi connectivity index (χ3v) is 7.34. The Kier molecular flexibility index (Phi) is 4.03. The van der Waals surface area contributed by atoms with Crippen molar-refractivity contribution < 1.29 is 4.42 Å². The van der Waals surface area contributed by atoms with E-state index in [9.17, 15) is 0 Å². The summed E-state index contributed by atoms with van der Waals surface area (Å²) in [5.41, 5.74) is 1.32. The van der Waals surface area contributed by atoms with Gasteiger partial charge in [-0.1, -0.05) is 27.5 Å². The van der Waals surface area contributed by atoms with Crippen LogP contribution in [0.5, 0.6) is 0 Å². The maximum absolute atomic E-state index is 6.36. The molecule has 4 heteroatoms. The molecule has 1 aromatic heterocycles. The number of rotatable bonds is 4. The van der Waals surface area contributed by atoms with E-state index in [-0.39, 0.29) is 0 Å². The summed E-state index contributed by atoms with van der Waals surface area (Å²) >= 11 is 9.81. The van der Waals surface area contributed by atoms with Gasteiger partial charge in [0.05, 0.1) is 11.6 Å². The average molecular weight is 421 g/mol. The van der Waals surface area contributed by atoms with Crippen LogP contribution in [0.25, 0.3) is 11.3 Å². The van der Waals surface area contributed by atoms with Gasteiger partial charge in [-0.3, -0.25) is 0 Å². The fourth-order valence-corrected chi connectivity index (χ4v) is 6.68. The molecule has 4 saturated carbocycles. The molecular weight excluding hydrogens is 398 g/mol. The summed E-state index contributed by atoms with van der Waals surface area (Å²) in [6.45, 7) is 0.820. The summed E-state index contributed by atoms with van der Waals surface area (Å²) in [6, 6.07) is 10.0. The zero-order chi connectivity index (χ0) is 17.0. The van der Waals surface area contributed by atoms with Crippen molar-refractivity contribution in [3.63, 3.8) is 0 Å². The minimum Gasteiger partial charge on any atom is -0.460 e. The van der Waals surface area contributed by atoms with Crippen LogP contribution in [0.1, 0.15) is 44.3 Å². The van der Waals surface area contributed by atoms with Crippen LogP contribution in [0.4, 0.5) is 0 Å². The van der Waals surface area contributed by atoms with Crippen molar-refractivity contribution in [1.29, 1.82) is 0 Å². The van der Waals surface area contributed by atoms with Gasteiger partial charge >= 0.3 is 0 Å². The Morgan fingerprint density at radius 2 is 1.72 bits per heavy atom. The normalized spacial score (nSPS) is 33.1. The van der Waals surface area contributed by atoms with Crippen LogP contribution >= 0.6 is 27.5 Å². The van der Waals surface area contributed by atoms with Gasteiger partial charge in [0.2, 0.25) is 0 Å². The van der Waals surface area contributed by atoms with Gasteiger partial charge in [-0.25, -0.2) is 0 Å². The first-order chi connectivity index (χ1) is 12.1. The van der Waals surface area contributed by atoms with Crippen molar-refractivity contribution >= 4 is 27.5 Å². The lowest BCUT2D eigenvalue weighted by Gasteiger charge is -2.57. The van der Waals surface area contributed by atoms with Gasteiger partial charge < -0.3 is 9.73 Å². The minimum atomic E-state index is 0.372. The van der Waals surface area contributed by atoms with Gasteiger partial charge in [-0.15, -0.1) is 0 Å². The van der Waals surface area contributed by atoms with Crippen LogP contribution in [0.15, 0.2) is 39.2 Å². The Labute approximate surface area is 162 Å². The molecule has 25 heavy (non-hydrogen) atoms. The Bertz CT molecular complexity index is 764. The SMILES string of the molecule is Clc1cc(Br)ccc1-c1ccc(CNC23CC4CC(CC(C4)C2)C3)o1. The fourth-order valence-electron chi connectivity index (χ4n) is 5.91. The molecule has 6 rings (SSSR count). The van der Waals surface area contributed by atoms with E-state index >= 15 is 0 Å². The zero-order valence-corrected chi connectivity index (χ0v) is 16.6. The lowest BCUT2D eigenvalue weighted by molar-refractivity contribution is -0.0213. The van der Waals surface area contributed by atoms with E-state index < -0.39 is 0 Å². The molecule has 0 aliphatic heterocycles. The van der Waals surface area contributed by atoms with E-state index in [0.717, 1.165) is 45.9 Å². The third kappa shape index (κ3) is 3.09. The van der Waals surface area contributed by atoms with Gasteiger partial charge in [0.1, 0.15) is 11.5 Å². The second-order valence-corrected chi connectivity index (χ2v) is 9.76. The van der Waals surface area contributed by atoms with Crippen molar-refractivity contribution in [2.24, 2.45) is 17.8 Å². The summed E-state index contributed by atoms with van der Waals surface area (Å²) in [5.74, 6) is 4.75. The summed E-state index contributed by atoms with van der Waals surface area (Å²) in [7, 11) is 0. The van der Waals surface area contributed by atoms with E-state index in [1.165, 1.54) is 38.5 Å². The number of hydrogen-bond acceptors (Lipinski definition) is 2. The number of nitrogens with one attached hydrogen (secondary N) is 1. The molecule has 4 aliphatic carbocycles. The van der Waals surface area contributed by atoms with Crippen LogP contribution in [-0.4, -0.2) is 5.54 Å². The molecule has 0 unspecified atom stereocenters. The van der Waals surface area contributed by atoms with E-state index in [0.29, 0.717) is 10.6 Å². The fraction of sp³-hybridized carbons (Fsp3) is 0.524. The lowest BCUT2D eigenvalue weighted by Crippen LogP contribution is -2.58. The predicted molar refractivity (Wildman–Crippen MR) is 105 cm³/mol. The summed E-state index contributed by atoms with van der Waals surface area (Å²) in [4.78, 5) is 0. The van der Waals surface area contributed by atoms with Gasteiger partial charge in [0, 0.05) is 15.6 Å². The molecule has 0 spiro atoms. The minimum absolute atomic E-state index is 0.372. The molecule has 4 aliphatic rings. The van der Waals surface area contributed by atoms with E-state index in [2.05, 4.69) is 27.3 Å². The third-order valence-electron chi connectivity index (χ3n) is 6.53. The highest BCUT2D eigenvalue weighted by Gasteiger charge is 2.50. The van der Waals surface area contributed by atoms with Crippen molar-refractivity contribution in [2.75, 3.05) is 0 Å². The Balaban J connectivity index is 1.30. The Hall–Kier alpha value is -0.770. The van der Waals surface area contributed by atoms with Crippen molar-refractivity contribution in [2.45, 2.75) is 50.6 Å². The first-order valence-electron chi connectivity index (χ1n) is 9.38. The number of hydrogen-bond donors (Lipinski definition) is 1. The van der Waals surface area contributed by atoms with E-state index in [1.54, 1.807) is 0 Å². The van der Waals surface area contributed by atoms with Gasteiger partial charge in [0.15, 0.2) is 0 Å². The summed E-state index contributed by atoms with van der Waals surface area (Å²) < 4.78 is 7.07. The Morgan fingerprint density at radius 1 is 1.04 bits per heavy atom. The van der Waals surface area contributed by atoms with Gasteiger partial charge in [0.25, 0.3) is 0 Å². The highest BCUT2D eigenvalue weighted by atomic mass is 79.9. The molecule has 1 aromatic carbocycles. The predicted octanol–water partition coefficient (Wildman–Crippen LogP) is 6.42. The first kappa shape index (κ1) is 16.4. The highest BCUT2D eigenvalue weighted by molar-refractivity contribution is 9.10. The molecule has 1 N–H and O–H groups in total. The molecule has 1 heterocycles. The van der Waals surface area contributed by atoms with E-state index in [1.807, 2.05) is 24.3 Å². The monoisotopic (exact) mass is 419 g/mol. The molecule has 2 nitrogen and oxygen atoms in total. The second-order valence-electron chi connectivity index (χ2n) is 8.44. The molecule has 4 fully saturated rings. The standard InChI is InChI=1S/C21H23BrClNO/c22-16-1-3-18(19(23)8-16)20-4-2-17(25-20)12-24-21-9-13-5-14(10-21)7-15(6-13)11-21/h1-4,8,13-15,24H,5-7,9-12H2. The molecule has 0 saturated heterocycles. The molecular formula is C21H23BrClNO. The maximum atomic E-state index is 6.36. The zero-order valence-electron chi connectivity index (χ0n) is 14.2. The molecule has 132 valence electrons. The lowest BCUT2D eigenvalue weighted by atomic mass is 9.53. The van der Waals surface area contributed by atoms with Crippen molar-refractivity contribution in [1.82, 2.24) is 5.32 Å². The van der Waals surface area contributed by atoms with Gasteiger partial charge in [-0.05, 0) is 86.6 Å². The van der Waals surface area contributed by atoms with Crippen LogP contribution in [0.3, 0.4) is 0 Å². The smallest absolute Gasteiger partial charge is 0.135 e. The van der Waals surface area contributed by atoms with Crippen LogP contribution < -0.4 is 5.32 Å². The summed E-state index contributed by atoms with van der Waals surface area (Å²) in [6.07, 6.45) is 8.54. The van der Waals surface area contributed by atoms with Crippen molar-refractivity contribution in [3.05, 3.63) is 45.6 Å². The van der Waals surface area contributed by atoms with Crippen LogP contribution in [0.2, 0.25) is 5.02 Å². The average Bonchev–Trinajstić information content (AvgIpc) is 3.00. The van der Waals surface area contributed by atoms with Gasteiger partial charge in [-0.2, -0.15) is 0 Å². The van der Waals surface area contributed by atoms with Crippen LogP contribution in [0, 0.1) is 17.8 Å². The summed E-state index contributed by atoms with van der Waals surface area (Å²) in [5, 5.41) is 4.61. The molecule has 2 aromatic rings. The quantitative estimate of drug-likeness (QED) is 0.617. The molecule has 0 amide bonds.